The smallest absolute Gasteiger partial charge is 0.356 e. The van der Waals surface area contributed by atoms with E-state index in [9.17, 15) is 14.3 Å². The van der Waals surface area contributed by atoms with Crippen LogP contribution in [0.3, 0.4) is 0 Å². The molecule has 1 atom stereocenters. The molecule has 1 unspecified atom stereocenters. The van der Waals surface area contributed by atoms with Crippen LogP contribution in [-0.2, 0) is 23.8 Å². The molecule has 1 saturated carbocycles. The van der Waals surface area contributed by atoms with Gasteiger partial charge in [-0.1, -0.05) is 67.6 Å². The summed E-state index contributed by atoms with van der Waals surface area (Å²) in [7, 11) is -4.13. The molecule has 0 aromatic heterocycles. The van der Waals surface area contributed by atoms with Crippen LogP contribution in [0.2, 0.25) is 0 Å². The largest absolute Gasteiger partial charge is 0.472 e. The molecule has 0 spiro atoms. The van der Waals surface area contributed by atoms with Gasteiger partial charge >= 0.3 is 7.82 Å². The van der Waals surface area contributed by atoms with Gasteiger partial charge in [-0.3, -0.25) is 13.8 Å². The third kappa shape index (κ3) is 7.51. The molecule has 3 rings (SSSR count). The fourth-order valence-corrected chi connectivity index (χ4v) is 5.60. The van der Waals surface area contributed by atoms with E-state index in [0.717, 1.165) is 19.3 Å². The van der Waals surface area contributed by atoms with Crippen molar-refractivity contribution in [3.63, 3.8) is 0 Å². The molecule has 180 valence electrons. The van der Waals surface area contributed by atoms with Gasteiger partial charge in [0.2, 0.25) is 5.91 Å². The van der Waals surface area contributed by atoms with Gasteiger partial charge in [-0.2, -0.15) is 0 Å². The molecule has 6 nitrogen and oxygen atoms in total. The number of benzene rings is 2. The zero-order chi connectivity index (χ0) is 23.6. The summed E-state index contributed by atoms with van der Waals surface area (Å²) in [5.41, 5.74) is 2.41. The van der Waals surface area contributed by atoms with E-state index in [0.29, 0.717) is 38.6 Å². The van der Waals surface area contributed by atoms with E-state index in [2.05, 4.69) is 53.8 Å². The van der Waals surface area contributed by atoms with Crippen LogP contribution in [0.1, 0.15) is 69.4 Å². The molecule has 0 radical (unpaired) electrons. The van der Waals surface area contributed by atoms with E-state index < -0.39 is 7.82 Å². The van der Waals surface area contributed by atoms with Crippen LogP contribution in [0, 0.1) is 0 Å². The van der Waals surface area contributed by atoms with Gasteiger partial charge in [-0.25, -0.2) is 4.57 Å². The molecule has 0 heterocycles. The van der Waals surface area contributed by atoms with E-state index in [1.807, 2.05) is 19.1 Å². The number of rotatable bonds is 12. The maximum absolute atomic E-state index is 12.5. The van der Waals surface area contributed by atoms with E-state index in [4.69, 9.17) is 9.05 Å². The van der Waals surface area contributed by atoms with Crippen molar-refractivity contribution < 1.29 is 23.3 Å². The summed E-state index contributed by atoms with van der Waals surface area (Å²) in [5, 5.41) is 2.82. The molecule has 1 fully saturated rings. The minimum absolute atomic E-state index is 0.00259. The van der Waals surface area contributed by atoms with Crippen LogP contribution in [0.15, 0.2) is 60.7 Å². The first-order chi connectivity index (χ1) is 16.0. The Labute approximate surface area is 197 Å². The second kappa shape index (κ2) is 12.5. The first-order valence-electron chi connectivity index (χ1n) is 12.0. The van der Waals surface area contributed by atoms with Crippen LogP contribution in [-0.4, -0.2) is 30.1 Å². The Morgan fingerprint density at radius 3 is 2.15 bits per heavy atom. The molecular formula is C26H36NO5P. The number of carbonyl (C=O) groups is 1. The highest BCUT2D eigenvalue weighted by Gasteiger charge is 2.40. The minimum atomic E-state index is -4.13. The van der Waals surface area contributed by atoms with Crippen molar-refractivity contribution in [3.05, 3.63) is 71.8 Å². The molecule has 1 aliphatic rings. The van der Waals surface area contributed by atoms with Crippen molar-refractivity contribution in [2.75, 3.05) is 13.2 Å². The third-order valence-corrected chi connectivity index (χ3v) is 7.42. The zero-order valence-electron chi connectivity index (χ0n) is 19.4. The van der Waals surface area contributed by atoms with E-state index in [-0.39, 0.29) is 24.0 Å². The first-order valence-corrected chi connectivity index (χ1v) is 13.5. The molecule has 2 aromatic rings. The summed E-state index contributed by atoms with van der Waals surface area (Å²) < 4.78 is 23.2. The summed E-state index contributed by atoms with van der Waals surface area (Å²) >= 11 is 0. The van der Waals surface area contributed by atoms with Crippen molar-refractivity contribution >= 4 is 13.7 Å². The second-order valence-electron chi connectivity index (χ2n) is 8.73. The Balaban J connectivity index is 1.50. The number of hydrogen-bond donors (Lipinski definition) is 2. The lowest BCUT2D eigenvalue weighted by molar-refractivity contribution is -0.121. The third-order valence-electron chi connectivity index (χ3n) is 6.35. The monoisotopic (exact) mass is 473 g/mol. The average Bonchev–Trinajstić information content (AvgIpc) is 2.84. The number of phosphoric acid groups is 1. The number of unbranched alkanes of at least 4 members (excludes halogenated alkanes) is 1. The average molecular weight is 474 g/mol. The fraction of sp³-hybridized carbons (Fsp3) is 0.500. The quantitative estimate of drug-likeness (QED) is 0.303. The number of hydrogen-bond acceptors (Lipinski definition) is 4. The highest BCUT2D eigenvalue weighted by atomic mass is 31.2. The van der Waals surface area contributed by atoms with Crippen LogP contribution in [0.25, 0.3) is 0 Å². The van der Waals surface area contributed by atoms with Gasteiger partial charge in [0.1, 0.15) is 0 Å². The summed E-state index contributed by atoms with van der Waals surface area (Å²) in [6.07, 6.45) is 5.13. The number of nitrogens with one attached hydrogen (secondary N) is 1. The number of phosphoric ester groups is 1. The van der Waals surface area contributed by atoms with E-state index in [1.54, 1.807) is 0 Å². The molecular weight excluding hydrogens is 437 g/mol. The van der Waals surface area contributed by atoms with Crippen LogP contribution < -0.4 is 5.32 Å². The van der Waals surface area contributed by atoms with Gasteiger partial charge in [-0.05, 0) is 56.1 Å². The van der Waals surface area contributed by atoms with Crippen molar-refractivity contribution in [3.8, 4) is 0 Å². The summed E-state index contributed by atoms with van der Waals surface area (Å²) in [6.45, 7) is 2.77. The van der Waals surface area contributed by atoms with E-state index in [1.165, 1.54) is 11.1 Å². The Morgan fingerprint density at radius 2 is 1.61 bits per heavy atom. The first kappa shape index (κ1) is 25.6. The Hall–Kier alpha value is -1.98. The van der Waals surface area contributed by atoms with Gasteiger partial charge in [0.05, 0.1) is 12.7 Å². The van der Waals surface area contributed by atoms with Crippen LogP contribution >= 0.6 is 7.82 Å². The van der Waals surface area contributed by atoms with Gasteiger partial charge < -0.3 is 10.2 Å². The maximum Gasteiger partial charge on any atom is 0.472 e. The lowest BCUT2D eigenvalue weighted by atomic mass is 9.65. The number of carbonyl (C=O) groups excluding carboxylic acids is 1. The molecule has 0 bridgehead atoms. The second-order valence-corrected chi connectivity index (χ2v) is 10.1. The van der Waals surface area contributed by atoms with Crippen LogP contribution in [0.4, 0.5) is 0 Å². The molecule has 7 heteroatoms. The summed E-state index contributed by atoms with van der Waals surface area (Å²) in [6, 6.07) is 20.9. The topological polar surface area (TPSA) is 84.9 Å². The van der Waals surface area contributed by atoms with Crippen molar-refractivity contribution in [2.45, 2.75) is 69.8 Å². The molecule has 1 amide bonds. The molecule has 1 aliphatic carbocycles. The Morgan fingerprint density at radius 1 is 1.03 bits per heavy atom. The van der Waals surface area contributed by atoms with Crippen molar-refractivity contribution in [1.29, 1.82) is 0 Å². The molecule has 0 saturated heterocycles. The molecule has 0 aliphatic heterocycles. The zero-order valence-corrected chi connectivity index (χ0v) is 20.3. The Kier molecular flexibility index (Phi) is 9.69. The van der Waals surface area contributed by atoms with E-state index >= 15 is 0 Å². The fourth-order valence-electron chi connectivity index (χ4n) is 4.59. The summed E-state index contributed by atoms with van der Waals surface area (Å²) in [5.74, 6) is 0.00259. The number of amides is 1. The minimum Gasteiger partial charge on any atom is -0.356 e. The predicted molar refractivity (Wildman–Crippen MR) is 130 cm³/mol. The lowest BCUT2D eigenvalue weighted by Crippen LogP contribution is -2.35. The predicted octanol–water partition coefficient (Wildman–Crippen LogP) is 5.75. The molecule has 2 N–H and O–H groups in total. The van der Waals surface area contributed by atoms with Crippen LogP contribution in [0.5, 0.6) is 0 Å². The highest BCUT2D eigenvalue weighted by molar-refractivity contribution is 7.47. The highest BCUT2D eigenvalue weighted by Crippen LogP contribution is 2.51. The van der Waals surface area contributed by atoms with Crippen molar-refractivity contribution in [2.24, 2.45) is 0 Å². The normalized spacial score (nSPS) is 17.9. The van der Waals surface area contributed by atoms with Gasteiger partial charge in [0.25, 0.3) is 0 Å². The maximum atomic E-state index is 12.5. The van der Waals surface area contributed by atoms with Crippen molar-refractivity contribution in [1.82, 2.24) is 5.32 Å². The molecule has 33 heavy (non-hydrogen) atoms. The standard InChI is InChI=1S/C26H36NO5P/c1-2-20-27-25(28)15-9-10-21-31-33(29,30)32-24-16-18-26(19-17-24,22-11-5-3-6-12-22)23-13-7-4-8-14-23/h3-8,11-14,24H,2,9-10,15-21H2,1H3,(H,27,28)(H,29,30). The Bertz CT molecular complexity index is 856. The lowest BCUT2D eigenvalue weighted by Gasteiger charge is -2.41. The van der Waals surface area contributed by atoms with Gasteiger partial charge in [0, 0.05) is 18.4 Å². The molecule has 2 aromatic carbocycles. The van der Waals surface area contributed by atoms with Gasteiger partial charge in [0.15, 0.2) is 0 Å². The SMILES string of the molecule is CCCNC(=O)CCCCOP(=O)(O)OC1CCC(c2ccccc2)(c2ccccc2)CC1. The summed E-state index contributed by atoms with van der Waals surface area (Å²) in [4.78, 5) is 21.8. The van der Waals surface area contributed by atoms with Gasteiger partial charge in [-0.15, -0.1) is 0 Å².